The first-order chi connectivity index (χ1) is 11.3. The Balaban J connectivity index is 1.49. The molecule has 23 heavy (non-hydrogen) atoms. The third-order valence-electron chi connectivity index (χ3n) is 3.62. The van der Waals surface area contributed by atoms with E-state index in [1.54, 1.807) is 0 Å². The number of urea groups is 1. The normalized spacial score (nSPS) is 22.5. The zero-order valence-corrected chi connectivity index (χ0v) is 14.6. The fourth-order valence-corrected chi connectivity index (χ4v) is 5.35. The Kier molecular flexibility index (Phi) is 6.50. The molecule has 2 amide bonds. The van der Waals surface area contributed by atoms with Crippen molar-refractivity contribution >= 4 is 35.2 Å². The molecule has 1 aromatic rings. The predicted molar refractivity (Wildman–Crippen MR) is 96.3 cm³/mol. The lowest BCUT2D eigenvalue weighted by atomic mass is 10.2. The van der Waals surface area contributed by atoms with E-state index in [-0.39, 0.29) is 12.1 Å². The van der Waals surface area contributed by atoms with Crippen LogP contribution in [0.4, 0.5) is 10.5 Å². The fourth-order valence-electron chi connectivity index (χ4n) is 2.48. The van der Waals surface area contributed by atoms with Gasteiger partial charge in [0.2, 0.25) is 0 Å². The summed E-state index contributed by atoms with van der Waals surface area (Å²) < 4.78 is 11.3. The van der Waals surface area contributed by atoms with Crippen LogP contribution < -0.4 is 10.6 Å². The largest absolute Gasteiger partial charge is 0.376 e. The van der Waals surface area contributed by atoms with Crippen molar-refractivity contribution in [2.24, 2.45) is 0 Å². The zero-order chi connectivity index (χ0) is 15.9. The highest BCUT2D eigenvalue weighted by atomic mass is 32.2. The summed E-state index contributed by atoms with van der Waals surface area (Å²) in [6.45, 7) is 2.21. The summed E-state index contributed by atoms with van der Waals surface area (Å²) in [6, 6.07) is 7.91. The summed E-state index contributed by atoms with van der Waals surface area (Å²) >= 11 is 3.95. The van der Waals surface area contributed by atoms with Crippen molar-refractivity contribution in [3.05, 3.63) is 29.8 Å². The van der Waals surface area contributed by atoms with Crippen molar-refractivity contribution in [2.45, 2.75) is 17.1 Å². The van der Waals surface area contributed by atoms with E-state index >= 15 is 0 Å². The number of benzene rings is 1. The Morgan fingerprint density at radius 3 is 2.91 bits per heavy atom. The van der Waals surface area contributed by atoms with E-state index in [2.05, 4.69) is 22.8 Å². The molecule has 0 radical (unpaired) electrons. The first kappa shape index (κ1) is 17.0. The maximum absolute atomic E-state index is 12.0. The van der Waals surface area contributed by atoms with Crippen molar-refractivity contribution in [3.63, 3.8) is 0 Å². The number of anilines is 1. The minimum atomic E-state index is -0.208. The highest BCUT2D eigenvalue weighted by molar-refractivity contribution is 8.16. The molecule has 2 N–H and O–H groups in total. The van der Waals surface area contributed by atoms with Crippen LogP contribution >= 0.6 is 23.5 Å². The molecule has 0 bridgehead atoms. The number of carbonyl (C=O) groups excluding carboxylic acids is 1. The first-order valence-corrected chi connectivity index (χ1v) is 9.98. The summed E-state index contributed by atoms with van der Waals surface area (Å²) in [6.07, 6.45) is 1.22. The molecular formula is C16H22N2O3S2. The first-order valence-electron chi connectivity index (χ1n) is 7.88. The fraction of sp³-hybridized carbons (Fsp3) is 0.562. The third kappa shape index (κ3) is 5.31. The second-order valence-corrected chi connectivity index (χ2v) is 8.18. The van der Waals surface area contributed by atoms with Gasteiger partial charge in [-0.05, 0) is 35.6 Å². The van der Waals surface area contributed by atoms with Gasteiger partial charge in [-0.15, -0.1) is 23.5 Å². The van der Waals surface area contributed by atoms with Crippen LogP contribution in [-0.2, 0) is 9.47 Å². The lowest BCUT2D eigenvalue weighted by molar-refractivity contribution is -0.0852. The molecule has 2 aliphatic heterocycles. The van der Waals surface area contributed by atoms with Crippen molar-refractivity contribution in [1.29, 1.82) is 0 Å². The number of hydrogen-bond acceptors (Lipinski definition) is 5. The molecule has 5 nitrogen and oxygen atoms in total. The summed E-state index contributed by atoms with van der Waals surface area (Å²) in [4.78, 5) is 12.0. The van der Waals surface area contributed by atoms with E-state index in [4.69, 9.17) is 9.47 Å². The van der Waals surface area contributed by atoms with Gasteiger partial charge in [-0.25, -0.2) is 4.79 Å². The SMILES string of the molecule is O=C(NC[C@H]1COCCO1)Nc1cccc(C2SCCCS2)c1. The zero-order valence-electron chi connectivity index (χ0n) is 13.0. The van der Waals surface area contributed by atoms with Gasteiger partial charge in [-0.2, -0.15) is 0 Å². The van der Waals surface area contributed by atoms with Crippen LogP contribution in [0.2, 0.25) is 0 Å². The van der Waals surface area contributed by atoms with Crippen LogP contribution in [0.25, 0.3) is 0 Å². The summed E-state index contributed by atoms with van der Waals surface area (Å²) in [5.74, 6) is 2.42. The van der Waals surface area contributed by atoms with Gasteiger partial charge in [0.15, 0.2) is 0 Å². The van der Waals surface area contributed by atoms with E-state index in [1.165, 1.54) is 23.5 Å². The lowest BCUT2D eigenvalue weighted by Crippen LogP contribution is -2.41. The minimum absolute atomic E-state index is 0.0594. The Morgan fingerprint density at radius 1 is 1.26 bits per heavy atom. The van der Waals surface area contributed by atoms with Crippen molar-refractivity contribution in [1.82, 2.24) is 5.32 Å². The smallest absolute Gasteiger partial charge is 0.319 e. The van der Waals surface area contributed by atoms with Gasteiger partial charge in [0.05, 0.1) is 30.5 Å². The van der Waals surface area contributed by atoms with Gasteiger partial charge in [-0.3, -0.25) is 0 Å². The quantitative estimate of drug-likeness (QED) is 0.870. The van der Waals surface area contributed by atoms with E-state index in [1.807, 2.05) is 35.7 Å². The van der Waals surface area contributed by atoms with Crippen LogP contribution in [0.3, 0.4) is 0 Å². The topological polar surface area (TPSA) is 59.6 Å². The lowest BCUT2D eigenvalue weighted by Gasteiger charge is -2.23. The van der Waals surface area contributed by atoms with E-state index in [0.717, 1.165) is 5.69 Å². The third-order valence-corrected chi connectivity index (χ3v) is 6.63. The average molecular weight is 354 g/mol. The Labute approximate surface area is 145 Å². The molecule has 2 fully saturated rings. The average Bonchev–Trinajstić information content (AvgIpc) is 2.62. The number of hydrogen-bond donors (Lipinski definition) is 2. The standard InChI is InChI=1S/C16H22N2O3S2/c19-16(17-10-14-11-20-5-6-21-14)18-13-4-1-3-12(9-13)15-22-7-2-8-23-15/h1,3-4,9,14-15H,2,5-8,10-11H2,(H2,17,18,19)/t14-/m0/s1. The van der Waals surface area contributed by atoms with Gasteiger partial charge < -0.3 is 20.1 Å². The van der Waals surface area contributed by atoms with Gasteiger partial charge in [0.25, 0.3) is 0 Å². The number of rotatable bonds is 4. The molecular weight excluding hydrogens is 332 g/mol. The number of carbonyl (C=O) groups is 1. The highest BCUT2D eigenvalue weighted by Crippen LogP contribution is 2.43. The van der Waals surface area contributed by atoms with Crippen molar-refractivity contribution < 1.29 is 14.3 Å². The van der Waals surface area contributed by atoms with E-state index in [9.17, 15) is 4.79 Å². The Hall–Kier alpha value is -0.890. The molecule has 0 aromatic heterocycles. The molecule has 2 aliphatic rings. The molecule has 0 unspecified atom stereocenters. The molecule has 1 atom stereocenters. The molecule has 1 aromatic carbocycles. The van der Waals surface area contributed by atoms with Crippen LogP contribution in [0.1, 0.15) is 16.6 Å². The number of nitrogens with one attached hydrogen (secondary N) is 2. The van der Waals surface area contributed by atoms with Crippen LogP contribution in [-0.4, -0.2) is 50.0 Å². The number of ether oxygens (including phenoxy) is 2. The predicted octanol–water partition coefficient (Wildman–Crippen LogP) is 3.09. The van der Waals surface area contributed by atoms with Crippen LogP contribution in [0.15, 0.2) is 24.3 Å². The van der Waals surface area contributed by atoms with Crippen molar-refractivity contribution in [2.75, 3.05) is 43.2 Å². The minimum Gasteiger partial charge on any atom is -0.376 e. The van der Waals surface area contributed by atoms with Crippen molar-refractivity contribution in [3.8, 4) is 0 Å². The second-order valence-electron chi connectivity index (χ2n) is 5.46. The summed E-state index contributed by atoms with van der Waals surface area (Å²) in [7, 11) is 0. The molecule has 0 spiro atoms. The molecule has 2 heterocycles. The summed E-state index contributed by atoms with van der Waals surface area (Å²) in [5.41, 5.74) is 2.09. The molecule has 0 aliphatic carbocycles. The monoisotopic (exact) mass is 354 g/mol. The van der Waals surface area contributed by atoms with Gasteiger partial charge >= 0.3 is 6.03 Å². The Morgan fingerprint density at radius 2 is 2.13 bits per heavy atom. The summed E-state index contributed by atoms with van der Waals surface area (Å²) in [5, 5.41) is 5.73. The van der Waals surface area contributed by atoms with Gasteiger partial charge in [0, 0.05) is 12.2 Å². The molecule has 7 heteroatoms. The molecule has 126 valence electrons. The number of thioether (sulfide) groups is 2. The maximum atomic E-state index is 12.0. The van der Waals surface area contributed by atoms with Crippen LogP contribution in [0, 0.1) is 0 Å². The highest BCUT2D eigenvalue weighted by Gasteiger charge is 2.18. The maximum Gasteiger partial charge on any atom is 0.319 e. The van der Waals surface area contributed by atoms with E-state index in [0.29, 0.717) is 30.9 Å². The molecule has 2 saturated heterocycles. The van der Waals surface area contributed by atoms with Gasteiger partial charge in [0.1, 0.15) is 0 Å². The second kappa shape index (κ2) is 8.82. The van der Waals surface area contributed by atoms with Gasteiger partial charge in [-0.1, -0.05) is 12.1 Å². The van der Waals surface area contributed by atoms with E-state index < -0.39 is 0 Å². The molecule has 0 saturated carbocycles. The number of amides is 2. The van der Waals surface area contributed by atoms with Crippen LogP contribution in [0.5, 0.6) is 0 Å². The molecule has 3 rings (SSSR count). The Bertz CT molecular complexity index is 518.